The molecule has 2 heterocycles. The van der Waals surface area contributed by atoms with E-state index in [-0.39, 0.29) is 5.41 Å². The molecule has 1 aliphatic carbocycles. The minimum atomic E-state index is -0.00110. The second-order valence-corrected chi connectivity index (χ2v) is 15.7. The van der Waals surface area contributed by atoms with Crippen LogP contribution in [-0.4, -0.2) is 19.5 Å². The van der Waals surface area contributed by atoms with Gasteiger partial charge in [0.25, 0.3) is 0 Å². The first-order chi connectivity index (χ1) is 28.5. The van der Waals surface area contributed by atoms with Crippen molar-refractivity contribution in [1.29, 1.82) is 0 Å². The number of hydrogen-bond donors (Lipinski definition) is 0. The van der Waals surface area contributed by atoms with Gasteiger partial charge in [-0.15, -0.1) is 0 Å². The van der Waals surface area contributed by atoms with Crippen LogP contribution in [0.1, 0.15) is 25.0 Å². The van der Waals surface area contributed by atoms with E-state index in [1.165, 1.54) is 49.9 Å². The van der Waals surface area contributed by atoms with E-state index in [0.717, 1.165) is 38.8 Å². The molecule has 0 amide bonds. The maximum Gasteiger partial charge on any atom is 0.166 e. The molecule has 4 heteroatoms. The van der Waals surface area contributed by atoms with Gasteiger partial charge in [-0.2, -0.15) is 0 Å². The number of fused-ring (bicyclic) bond motifs is 6. The molecular weight excluding hydrogens is 705 g/mol. The standard InChI is InChI=1S/C54H38N4/c1-54(2)47-24-13-12-21-42(47)45-33-39(29-31-48(45)54)35-25-27-36(28-26-35)40-30-32-49-46(34-40)43-22-14-23-44(50(43)58(49)41-19-10-5-11-20-41)53-56-51(37-15-6-3-7-16-37)55-52(57-53)38-17-8-4-9-18-38/h3-34H,1-2H3. The molecule has 0 radical (unpaired) electrons. The number of para-hydroxylation sites is 2. The number of hydrogen-bond acceptors (Lipinski definition) is 3. The molecular formula is C54H38N4. The molecule has 4 nitrogen and oxygen atoms in total. The third kappa shape index (κ3) is 5.48. The average molecular weight is 743 g/mol. The Morgan fingerprint density at radius 3 is 1.55 bits per heavy atom. The molecule has 0 unspecified atom stereocenters. The fourth-order valence-corrected chi connectivity index (χ4v) is 8.96. The van der Waals surface area contributed by atoms with E-state index in [9.17, 15) is 0 Å². The summed E-state index contributed by atoms with van der Waals surface area (Å²) in [6, 6.07) is 69.0. The molecule has 0 bridgehead atoms. The molecule has 8 aromatic carbocycles. The van der Waals surface area contributed by atoms with Gasteiger partial charge in [-0.05, 0) is 80.9 Å². The SMILES string of the molecule is CC1(C)c2ccccc2-c2cc(-c3ccc(-c4ccc5c(c4)c4cccc(-c6nc(-c7ccccc7)nc(-c7ccccc7)n6)c4n5-c4ccccc4)cc3)ccc21. The summed E-state index contributed by atoms with van der Waals surface area (Å²) in [5, 5.41) is 2.31. The van der Waals surface area contributed by atoms with Gasteiger partial charge >= 0.3 is 0 Å². The molecule has 0 saturated carbocycles. The van der Waals surface area contributed by atoms with Gasteiger partial charge in [0.15, 0.2) is 17.5 Å². The molecule has 0 aliphatic heterocycles. The van der Waals surface area contributed by atoms with Crippen molar-refractivity contribution in [3.8, 4) is 73.2 Å². The van der Waals surface area contributed by atoms with E-state index in [1.54, 1.807) is 0 Å². The number of nitrogens with zero attached hydrogens (tertiary/aromatic N) is 4. The molecule has 58 heavy (non-hydrogen) atoms. The Balaban J connectivity index is 1.05. The summed E-state index contributed by atoms with van der Waals surface area (Å²) in [6.45, 7) is 4.66. The van der Waals surface area contributed by atoms with Crippen molar-refractivity contribution in [3.63, 3.8) is 0 Å². The van der Waals surface area contributed by atoms with E-state index in [2.05, 4.69) is 176 Å². The molecule has 0 spiro atoms. The lowest BCUT2D eigenvalue weighted by Crippen LogP contribution is -2.14. The highest BCUT2D eigenvalue weighted by atomic mass is 15.0. The van der Waals surface area contributed by atoms with Crippen LogP contribution in [0, 0.1) is 0 Å². The summed E-state index contributed by atoms with van der Waals surface area (Å²) in [7, 11) is 0. The van der Waals surface area contributed by atoms with Crippen molar-refractivity contribution in [2.75, 3.05) is 0 Å². The van der Waals surface area contributed by atoms with Crippen molar-refractivity contribution < 1.29 is 0 Å². The predicted molar refractivity (Wildman–Crippen MR) is 239 cm³/mol. The zero-order valence-electron chi connectivity index (χ0n) is 32.3. The fraction of sp³-hybridized carbons (Fsp3) is 0.0556. The minimum absolute atomic E-state index is 0.00110. The third-order valence-corrected chi connectivity index (χ3v) is 11.9. The van der Waals surface area contributed by atoms with Crippen LogP contribution in [0.3, 0.4) is 0 Å². The van der Waals surface area contributed by atoms with Crippen LogP contribution < -0.4 is 0 Å². The van der Waals surface area contributed by atoms with Crippen LogP contribution in [0.15, 0.2) is 194 Å². The van der Waals surface area contributed by atoms with Crippen LogP contribution >= 0.6 is 0 Å². The number of rotatable bonds is 6. The van der Waals surface area contributed by atoms with Gasteiger partial charge in [-0.3, -0.25) is 0 Å². The zero-order chi connectivity index (χ0) is 38.8. The first-order valence-corrected chi connectivity index (χ1v) is 19.9. The van der Waals surface area contributed by atoms with Crippen molar-refractivity contribution in [2.24, 2.45) is 0 Å². The highest BCUT2D eigenvalue weighted by molar-refractivity contribution is 6.14. The van der Waals surface area contributed by atoms with Gasteiger partial charge < -0.3 is 4.57 Å². The molecule has 274 valence electrons. The van der Waals surface area contributed by atoms with Crippen LogP contribution in [0.5, 0.6) is 0 Å². The van der Waals surface area contributed by atoms with Gasteiger partial charge in [0.2, 0.25) is 0 Å². The Labute approximate surface area is 337 Å². The van der Waals surface area contributed by atoms with E-state index in [0.29, 0.717) is 17.5 Å². The lowest BCUT2D eigenvalue weighted by molar-refractivity contribution is 0.660. The zero-order valence-corrected chi connectivity index (χ0v) is 32.3. The molecule has 10 aromatic rings. The van der Waals surface area contributed by atoms with Gasteiger partial charge in [0.05, 0.1) is 11.0 Å². The Morgan fingerprint density at radius 1 is 0.362 bits per heavy atom. The molecule has 11 rings (SSSR count). The second kappa shape index (κ2) is 13.4. The minimum Gasteiger partial charge on any atom is -0.308 e. The lowest BCUT2D eigenvalue weighted by Gasteiger charge is -2.21. The number of aromatic nitrogens is 4. The average Bonchev–Trinajstić information content (AvgIpc) is 3.75. The summed E-state index contributed by atoms with van der Waals surface area (Å²) >= 11 is 0. The van der Waals surface area contributed by atoms with Crippen LogP contribution in [0.2, 0.25) is 0 Å². The fourth-order valence-electron chi connectivity index (χ4n) is 8.96. The monoisotopic (exact) mass is 742 g/mol. The normalized spacial score (nSPS) is 12.8. The van der Waals surface area contributed by atoms with Crippen molar-refractivity contribution in [1.82, 2.24) is 19.5 Å². The Morgan fingerprint density at radius 2 is 0.879 bits per heavy atom. The molecule has 2 aromatic heterocycles. The van der Waals surface area contributed by atoms with Gasteiger partial charge in [0.1, 0.15) is 0 Å². The van der Waals surface area contributed by atoms with Crippen LogP contribution in [0.4, 0.5) is 0 Å². The highest BCUT2D eigenvalue weighted by Crippen LogP contribution is 2.49. The molecule has 0 fully saturated rings. The second-order valence-electron chi connectivity index (χ2n) is 15.7. The van der Waals surface area contributed by atoms with Crippen LogP contribution in [-0.2, 0) is 5.41 Å². The lowest BCUT2D eigenvalue weighted by atomic mass is 9.82. The first-order valence-electron chi connectivity index (χ1n) is 19.9. The summed E-state index contributed by atoms with van der Waals surface area (Å²) in [6.07, 6.45) is 0. The van der Waals surface area contributed by atoms with Gasteiger partial charge in [-0.25, -0.2) is 15.0 Å². The maximum absolute atomic E-state index is 5.15. The van der Waals surface area contributed by atoms with E-state index >= 15 is 0 Å². The van der Waals surface area contributed by atoms with Crippen molar-refractivity contribution in [2.45, 2.75) is 19.3 Å². The summed E-state index contributed by atoms with van der Waals surface area (Å²) in [5.74, 6) is 1.92. The third-order valence-electron chi connectivity index (χ3n) is 11.9. The highest BCUT2D eigenvalue weighted by Gasteiger charge is 2.35. The largest absolute Gasteiger partial charge is 0.308 e. The first kappa shape index (κ1) is 33.9. The van der Waals surface area contributed by atoms with Gasteiger partial charge in [-0.1, -0.05) is 172 Å². The van der Waals surface area contributed by atoms with Crippen LogP contribution in [0.25, 0.3) is 95.0 Å². The quantitative estimate of drug-likeness (QED) is 0.170. The molecule has 1 aliphatic rings. The van der Waals surface area contributed by atoms with Crippen molar-refractivity contribution >= 4 is 21.8 Å². The van der Waals surface area contributed by atoms with E-state index in [4.69, 9.17) is 15.0 Å². The Bertz CT molecular complexity index is 3110. The van der Waals surface area contributed by atoms with E-state index in [1.807, 2.05) is 36.4 Å². The topological polar surface area (TPSA) is 43.6 Å². The smallest absolute Gasteiger partial charge is 0.166 e. The van der Waals surface area contributed by atoms with E-state index < -0.39 is 0 Å². The summed E-state index contributed by atoms with van der Waals surface area (Å²) in [4.78, 5) is 15.3. The Kier molecular flexibility index (Phi) is 7.80. The van der Waals surface area contributed by atoms with Crippen molar-refractivity contribution in [3.05, 3.63) is 205 Å². The molecule has 0 N–H and O–H groups in total. The summed E-state index contributed by atoms with van der Waals surface area (Å²) in [5.41, 5.74) is 16.3. The summed E-state index contributed by atoms with van der Waals surface area (Å²) < 4.78 is 2.36. The molecule has 0 atom stereocenters. The Hall–Kier alpha value is -7.43. The predicted octanol–water partition coefficient (Wildman–Crippen LogP) is 13.6. The van der Waals surface area contributed by atoms with Gasteiger partial charge in [0, 0.05) is 38.6 Å². The molecule has 0 saturated heterocycles. The maximum atomic E-state index is 5.15. The number of benzene rings is 8.